The largest absolute Gasteiger partial charge is 0.493 e. The van der Waals surface area contributed by atoms with Crippen molar-refractivity contribution in [1.82, 2.24) is 21.3 Å². The van der Waals surface area contributed by atoms with Crippen LogP contribution in [0.2, 0.25) is 0 Å². The predicted molar refractivity (Wildman–Crippen MR) is 189 cm³/mol. The summed E-state index contributed by atoms with van der Waals surface area (Å²) in [5.41, 5.74) is 0.201. The van der Waals surface area contributed by atoms with E-state index in [0.717, 1.165) is 0 Å². The molecule has 12 heteroatoms. The molecule has 12 nitrogen and oxygen atoms in total. The molecule has 1 aliphatic heterocycles. The van der Waals surface area contributed by atoms with Gasteiger partial charge in [-0.25, -0.2) is 0 Å². The Kier molecular flexibility index (Phi) is 12.7. The molecule has 3 aromatic rings. The van der Waals surface area contributed by atoms with Crippen molar-refractivity contribution in [2.24, 2.45) is 11.8 Å². The van der Waals surface area contributed by atoms with Gasteiger partial charge < -0.3 is 40.2 Å². The fourth-order valence-corrected chi connectivity index (χ4v) is 6.02. The second-order valence-electron chi connectivity index (χ2n) is 13.1. The molecular formula is C38H48N4O8. The van der Waals surface area contributed by atoms with Crippen molar-refractivity contribution in [2.45, 2.75) is 64.6 Å². The molecule has 268 valence electrons. The number of amides is 4. The van der Waals surface area contributed by atoms with Crippen molar-refractivity contribution in [2.75, 3.05) is 27.9 Å². The maximum Gasteiger partial charge on any atom is 0.247 e. The van der Waals surface area contributed by atoms with E-state index in [-0.39, 0.29) is 30.6 Å². The monoisotopic (exact) mass is 688 g/mol. The molecule has 0 aromatic heterocycles. The lowest BCUT2D eigenvalue weighted by atomic mass is 9.82. The van der Waals surface area contributed by atoms with E-state index in [9.17, 15) is 19.2 Å². The lowest BCUT2D eigenvalue weighted by Gasteiger charge is -2.43. The van der Waals surface area contributed by atoms with Gasteiger partial charge in [0.25, 0.3) is 0 Å². The van der Waals surface area contributed by atoms with Crippen molar-refractivity contribution in [3.63, 3.8) is 0 Å². The first-order chi connectivity index (χ1) is 23.9. The normalized spacial score (nSPS) is 16.4. The van der Waals surface area contributed by atoms with Crippen LogP contribution in [0.25, 0.3) is 0 Å². The summed E-state index contributed by atoms with van der Waals surface area (Å²) >= 11 is 0. The minimum absolute atomic E-state index is 0.00435. The van der Waals surface area contributed by atoms with Crippen LogP contribution >= 0.6 is 0 Å². The van der Waals surface area contributed by atoms with Crippen LogP contribution in [-0.2, 0) is 32.0 Å². The second-order valence-corrected chi connectivity index (χ2v) is 13.1. The van der Waals surface area contributed by atoms with Crippen LogP contribution in [0.4, 0.5) is 0 Å². The van der Waals surface area contributed by atoms with Gasteiger partial charge in [0, 0.05) is 18.5 Å². The lowest BCUT2D eigenvalue weighted by molar-refractivity contribution is -0.142. The Labute approximate surface area is 293 Å². The number of nitrogens with one attached hydrogen (secondary N) is 4. The fraction of sp³-hybridized carbons (Fsp3) is 0.421. The second kappa shape index (κ2) is 16.9. The minimum atomic E-state index is -1.12. The molecule has 0 unspecified atom stereocenters. The highest BCUT2D eigenvalue weighted by atomic mass is 16.5. The standard InChI is InChI=1S/C38H48N4O8/c1-23(2)21-38(22-39-37(38)46)42-36(45)32(24(3)4)41-35(44)29(20-26-16-17-30(47-5)34(49-7)33(26)48-6)40-31(43)19-25-12-11-15-28(18-25)50-27-13-9-8-10-14-27/h8-18,23-24,29,32H,19-22H2,1-7H3,(H,39,46)(H,40,43)(H,41,44)(H,42,45)/t29-,32-,38+/m0/s1. The van der Waals surface area contributed by atoms with E-state index in [4.69, 9.17) is 18.9 Å². The molecule has 1 aliphatic rings. The van der Waals surface area contributed by atoms with Crippen molar-refractivity contribution >= 4 is 23.6 Å². The Balaban J connectivity index is 1.58. The summed E-state index contributed by atoms with van der Waals surface area (Å²) in [4.78, 5) is 53.9. The molecule has 3 atom stereocenters. The summed E-state index contributed by atoms with van der Waals surface area (Å²) in [7, 11) is 4.46. The van der Waals surface area contributed by atoms with Crippen molar-refractivity contribution in [1.29, 1.82) is 0 Å². The molecule has 1 fully saturated rings. The Morgan fingerprint density at radius 2 is 1.52 bits per heavy atom. The van der Waals surface area contributed by atoms with E-state index in [1.807, 2.05) is 44.2 Å². The highest BCUT2D eigenvalue weighted by Gasteiger charge is 2.49. The van der Waals surface area contributed by atoms with Gasteiger partial charge in [-0.1, -0.05) is 64.1 Å². The highest BCUT2D eigenvalue weighted by Crippen LogP contribution is 2.40. The number of rotatable bonds is 17. The van der Waals surface area contributed by atoms with Crippen molar-refractivity contribution < 1.29 is 38.1 Å². The third-order valence-corrected chi connectivity index (χ3v) is 8.45. The van der Waals surface area contributed by atoms with Gasteiger partial charge in [0.2, 0.25) is 29.4 Å². The summed E-state index contributed by atoms with van der Waals surface area (Å²) in [6.07, 6.45) is 0.420. The molecule has 0 saturated carbocycles. The average molecular weight is 689 g/mol. The highest BCUT2D eigenvalue weighted by molar-refractivity contribution is 5.99. The van der Waals surface area contributed by atoms with Crippen molar-refractivity contribution in [3.05, 3.63) is 77.9 Å². The summed E-state index contributed by atoms with van der Waals surface area (Å²) < 4.78 is 22.6. The Morgan fingerprint density at radius 1 is 0.820 bits per heavy atom. The third kappa shape index (κ3) is 9.25. The first kappa shape index (κ1) is 37.6. The zero-order chi connectivity index (χ0) is 36.4. The number of benzene rings is 3. The number of para-hydroxylation sites is 1. The number of methoxy groups -OCH3 is 3. The Hall–Kier alpha value is -5.26. The molecule has 0 spiro atoms. The molecule has 0 radical (unpaired) electrons. The fourth-order valence-electron chi connectivity index (χ4n) is 6.02. The summed E-state index contributed by atoms with van der Waals surface area (Å²) in [6, 6.07) is 17.8. The molecule has 0 bridgehead atoms. The van der Waals surface area contributed by atoms with E-state index < -0.39 is 35.3 Å². The predicted octanol–water partition coefficient (Wildman–Crippen LogP) is 3.95. The van der Waals surface area contributed by atoms with Crippen LogP contribution in [0.5, 0.6) is 28.7 Å². The molecule has 4 rings (SSSR count). The molecule has 3 aromatic carbocycles. The van der Waals surface area contributed by atoms with Gasteiger partial charge in [-0.3, -0.25) is 19.2 Å². The van der Waals surface area contributed by atoms with Gasteiger partial charge in [-0.15, -0.1) is 0 Å². The molecule has 1 saturated heterocycles. The van der Waals surface area contributed by atoms with Crippen LogP contribution < -0.4 is 40.2 Å². The Morgan fingerprint density at radius 3 is 2.10 bits per heavy atom. The van der Waals surface area contributed by atoms with Crippen LogP contribution in [0.3, 0.4) is 0 Å². The summed E-state index contributed by atoms with van der Waals surface area (Å²) in [6.45, 7) is 7.86. The number of β-lactam (4-membered cyclic amide) rings is 1. The third-order valence-electron chi connectivity index (χ3n) is 8.45. The summed E-state index contributed by atoms with van der Waals surface area (Å²) in [5.74, 6) is 0.408. The smallest absolute Gasteiger partial charge is 0.247 e. The minimum Gasteiger partial charge on any atom is -0.493 e. The maximum atomic E-state index is 14.1. The number of hydrogen-bond donors (Lipinski definition) is 4. The van der Waals surface area contributed by atoms with Gasteiger partial charge in [-0.2, -0.15) is 0 Å². The van der Waals surface area contributed by atoms with Gasteiger partial charge in [-0.05, 0) is 54.2 Å². The van der Waals surface area contributed by atoms with Gasteiger partial charge in [0.1, 0.15) is 29.1 Å². The van der Waals surface area contributed by atoms with Crippen LogP contribution in [0.15, 0.2) is 66.7 Å². The number of carbonyl (C=O) groups is 4. The zero-order valence-electron chi connectivity index (χ0n) is 29.8. The molecule has 4 N–H and O–H groups in total. The summed E-state index contributed by atoms with van der Waals surface area (Å²) in [5, 5.41) is 11.4. The molecular weight excluding hydrogens is 640 g/mol. The number of hydrogen-bond acceptors (Lipinski definition) is 8. The van der Waals surface area contributed by atoms with E-state index >= 15 is 0 Å². The maximum absolute atomic E-state index is 14.1. The first-order valence-electron chi connectivity index (χ1n) is 16.7. The van der Waals surface area contributed by atoms with E-state index in [0.29, 0.717) is 52.8 Å². The molecule has 1 heterocycles. The van der Waals surface area contributed by atoms with E-state index in [1.54, 1.807) is 50.2 Å². The zero-order valence-corrected chi connectivity index (χ0v) is 29.8. The van der Waals surface area contributed by atoms with Crippen LogP contribution in [0, 0.1) is 11.8 Å². The molecule has 4 amide bonds. The van der Waals surface area contributed by atoms with Crippen molar-refractivity contribution in [3.8, 4) is 28.7 Å². The van der Waals surface area contributed by atoms with Gasteiger partial charge in [0.05, 0.1) is 27.8 Å². The van der Waals surface area contributed by atoms with Crippen LogP contribution in [0.1, 0.15) is 45.2 Å². The van der Waals surface area contributed by atoms with Gasteiger partial charge in [0.15, 0.2) is 11.5 Å². The number of ether oxygens (including phenoxy) is 4. The first-order valence-corrected chi connectivity index (χ1v) is 16.7. The topological polar surface area (TPSA) is 153 Å². The molecule has 0 aliphatic carbocycles. The lowest BCUT2D eigenvalue weighted by Crippen LogP contribution is -2.75. The average Bonchev–Trinajstić information content (AvgIpc) is 3.08. The number of carbonyl (C=O) groups excluding carboxylic acids is 4. The molecule has 50 heavy (non-hydrogen) atoms. The van der Waals surface area contributed by atoms with E-state index in [2.05, 4.69) is 21.3 Å². The van der Waals surface area contributed by atoms with E-state index in [1.165, 1.54) is 21.3 Å². The Bertz CT molecular complexity index is 1660. The quantitative estimate of drug-likeness (QED) is 0.156. The SMILES string of the molecule is COc1ccc(C[C@H](NC(=O)Cc2cccc(Oc3ccccc3)c2)C(=O)N[C@H](C(=O)N[C@]2(CC(C)C)CNC2=O)C(C)C)c(OC)c1OC. The van der Waals surface area contributed by atoms with Crippen LogP contribution in [-0.4, -0.2) is 69.1 Å². The van der Waals surface area contributed by atoms with Gasteiger partial charge >= 0.3 is 0 Å².